The van der Waals surface area contributed by atoms with Crippen molar-refractivity contribution in [3.05, 3.63) is 24.4 Å². The first-order valence-electron chi connectivity index (χ1n) is 5.88. The van der Waals surface area contributed by atoms with Gasteiger partial charge in [-0.3, -0.25) is 9.58 Å². The Morgan fingerprint density at radius 2 is 2.41 bits per heavy atom. The molecule has 88 valence electrons. The monoisotopic (exact) mass is 230 g/mol. The number of ether oxygens (including phenoxy) is 1. The number of morpholine rings is 1. The SMILES string of the molecule is Nc1cccc2c1cnn2CC12CN1CCO2. The molecule has 17 heavy (non-hydrogen) atoms. The molecule has 0 saturated carbocycles. The van der Waals surface area contributed by atoms with Gasteiger partial charge in [-0.2, -0.15) is 5.10 Å². The van der Waals surface area contributed by atoms with Gasteiger partial charge in [-0.15, -0.1) is 0 Å². The van der Waals surface area contributed by atoms with Crippen LogP contribution in [-0.2, 0) is 11.3 Å². The lowest BCUT2D eigenvalue weighted by molar-refractivity contribution is 0.0446. The number of nitrogens with zero attached hydrogens (tertiary/aromatic N) is 3. The van der Waals surface area contributed by atoms with Gasteiger partial charge in [-0.05, 0) is 12.1 Å². The van der Waals surface area contributed by atoms with Gasteiger partial charge >= 0.3 is 0 Å². The van der Waals surface area contributed by atoms with Crippen LogP contribution in [0.2, 0.25) is 0 Å². The van der Waals surface area contributed by atoms with Crippen molar-refractivity contribution < 1.29 is 4.74 Å². The predicted octanol–water partition coefficient (Wildman–Crippen LogP) is 0.661. The summed E-state index contributed by atoms with van der Waals surface area (Å²) in [5.41, 5.74) is 7.71. The molecule has 5 heteroatoms. The van der Waals surface area contributed by atoms with Crippen LogP contribution in [0.25, 0.3) is 10.9 Å². The van der Waals surface area contributed by atoms with Crippen LogP contribution in [0.5, 0.6) is 0 Å². The van der Waals surface area contributed by atoms with Crippen LogP contribution in [-0.4, -0.2) is 40.1 Å². The van der Waals surface area contributed by atoms with Gasteiger partial charge in [0.05, 0.1) is 24.9 Å². The Hall–Kier alpha value is -1.59. The number of benzene rings is 1. The molecule has 1 aromatic heterocycles. The molecule has 0 aliphatic carbocycles. The fraction of sp³-hybridized carbons (Fsp3) is 0.417. The van der Waals surface area contributed by atoms with E-state index in [0.717, 1.165) is 42.8 Å². The van der Waals surface area contributed by atoms with Gasteiger partial charge < -0.3 is 10.5 Å². The Balaban J connectivity index is 1.74. The van der Waals surface area contributed by atoms with Crippen LogP contribution in [0.1, 0.15) is 0 Å². The average Bonchev–Trinajstić information content (AvgIpc) is 2.70. The number of rotatable bonds is 2. The number of aromatic nitrogens is 2. The van der Waals surface area contributed by atoms with E-state index >= 15 is 0 Å². The first-order valence-corrected chi connectivity index (χ1v) is 5.88. The normalized spacial score (nSPS) is 30.7. The van der Waals surface area contributed by atoms with E-state index in [1.807, 2.05) is 23.0 Å². The maximum Gasteiger partial charge on any atom is 0.154 e. The summed E-state index contributed by atoms with van der Waals surface area (Å²) in [6.07, 6.45) is 1.84. The first kappa shape index (κ1) is 9.44. The predicted molar refractivity (Wildman–Crippen MR) is 64.4 cm³/mol. The van der Waals surface area contributed by atoms with Crippen molar-refractivity contribution in [3.8, 4) is 0 Å². The molecule has 2 unspecified atom stereocenters. The Bertz CT molecular complexity index is 593. The zero-order valence-electron chi connectivity index (χ0n) is 9.47. The third-order valence-corrected chi connectivity index (χ3v) is 3.76. The lowest BCUT2D eigenvalue weighted by Gasteiger charge is -2.12. The Kier molecular flexibility index (Phi) is 1.66. The molecule has 0 bridgehead atoms. The molecule has 0 radical (unpaired) electrons. The second-order valence-corrected chi connectivity index (χ2v) is 4.80. The van der Waals surface area contributed by atoms with Crippen LogP contribution in [0.3, 0.4) is 0 Å². The highest BCUT2D eigenvalue weighted by molar-refractivity contribution is 5.90. The van der Waals surface area contributed by atoms with Crippen molar-refractivity contribution in [1.82, 2.24) is 14.7 Å². The van der Waals surface area contributed by atoms with Gasteiger partial charge in [0.15, 0.2) is 5.72 Å². The van der Waals surface area contributed by atoms with Crippen molar-refractivity contribution in [3.63, 3.8) is 0 Å². The highest BCUT2D eigenvalue weighted by atomic mass is 16.5. The third-order valence-electron chi connectivity index (χ3n) is 3.76. The first-order chi connectivity index (χ1) is 8.28. The topological polar surface area (TPSA) is 56.1 Å². The lowest BCUT2D eigenvalue weighted by Crippen LogP contribution is -2.23. The molecular weight excluding hydrogens is 216 g/mol. The minimum absolute atomic E-state index is 0.0798. The Labute approximate surface area is 98.7 Å². The number of nitrogens with two attached hydrogens (primary N) is 1. The summed E-state index contributed by atoms with van der Waals surface area (Å²) in [5.74, 6) is 0. The number of hydrogen-bond donors (Lipinski definition) is 1. The largest absolute Gasteiger partial charge is 0.398 e. The fourth-order valence-corrected chi connectivity index (χ4v) is 2.71. The van der Waals surface area contributed by atoms with Gasteiger partial charge in [-0.25, -0.2) is 0 Å². The highest BCUT2D eigenvalue weighted by Crippen LogP contribution is 2.39. The van der Waals surface area contributed by atoms with E-state index < -0.39 is 0 Å². The van der Waals surface area contributed by atoms with E-state index in [9.17, 15) is 0 Å². The maximum atomic E-state index is 5.93. The summed E-state index contributed by atoms with van der Waals surface area (Å²) < 4.78 is 7.80. The summed E-state index contributed by atoms with van der Waals surface area (Å²) >= 11 is 0. The van der Waals surface area contributed by atoms with Crippen LogP contribution < -0.4 is 5.73 Å². The van der Waals surface area contributed by atoms with Gasteiger partial charge in [0, 0.05) is 24.2 Å². The van der Waals surface area contributed by atoms with Gasteiger partial charge in [0.2, 0.25) is 0 Å². The summed E-state index contributed by atoms with van der Waals surface area (Å²) in [6.45, 7) is 3.69. The molecule has 2 aromatic rings. The number of hydrogen-bond acceptors (Lipinski definition) is 4. The summed E-state index contributed by atoms with van der Waals surface area (Å²) in [4.78, 5) is 2.34. The molecular formula is C12H14N4O. The molecule has 3 heterocycles. The van der Waals surface area contributed by atoms with E-state index in [2.05, 4.69) is 16.1 Å². The van der Waals surface area contributed by atoms with Crippen LogP contribution in [0, 0.1) is 0 Å². The molecule has 4 rings (SSSR count). The summed E-state index contributed by atoms with van der Waals surface area (Å²) in [5, 5.41) is 5.44. The maximum absolute atomic E-state index is 5.93. The zero-order valence-corrected chi connectivity index (χ0v) is 9.47. The molecule has 0 amide bonds. The van der Waals surface area contributed by atoms with Crippen molar-refractivity contribution in [2.24, 2.45) is 0 Å². The highest BCUT2D eigenvalue weighted by Gasteiger charge is 2.57. The van der Waals surface area contributed by atoms with Crippen LogP contribution in [0.4, 0.5) is 5.69 Å². The number of anilines is 1. The second-order valence-electron chi connectivity index (χ2n) is 4.80. The van der Waals surface area contributed by atoms with E-state index in [1.165, 1.54) is 0 Å². The van der Waals surface area contributed by atoms with Crippen molar-refractivity contribution in [2.75, 3.05) is 25.4 Å². The van der Waals surface area contributed by atoms with Crippen molar-refractivity contribution in [2.45, 2.75) is 12.3 Å². The van der Waals surface area contributed by atoms with E-state index in [-0.39, 0.29) is 5.72 Å². The molecule has 0 spiro atoms. The molecule has 2 fully saturated rings. The van der Waals surface area contributed by atoms with E-state index in [1.54, 1.807) is 0 Å². The summed E-state index contributed by atoms with van der Waals surface area (Å²) in [7, 11) is 0. The molecule has 2 saturated heterocycles. The number of fused-ring (bicyclic) bond motifs is 2. The fourth-order valence-electron chi connectivity index (χ4n) is 2.71. The molecule has 2 atom stereocenters. The van der Waals surface area contributed by atoms with Gasteiger partial charge in [-0.1, -0.05) is 6.07 Å². The Morgan fingerprint density at radius 3 is 3.18 bits per heavy atom. The minimum atomic E-state index is -0.0798. The third kappa shape index (κ3) is 1.23. The average molecular weight is 230 g/mol. The molecule has 1 aromatic carbocycles. The standard InChI is InChI=1S/C12H14N4O/c13-10-2-1-3-11-9(10)6-14-16(11)8-12-7-15(12)4-5-17-12/h1-3,6H,4-5,7-8,13H2. The van der Waals surface area contributed by atoms with Crippen LogP contribution in [0.15, 0.2) is 24.4 Å². The number of nitrogen functional groups attached to an aromatic ring is 1. The molecule has 2 aliphatic rings. The zero-order chi connectivity index (χ0) is 11.5. The van der Waals surface area contributed by atoms with Crippen molar-refractivity contribution >= 4 is 16.6 Å². The second kappa shape index (κ2) is 3.00. The van der Waals surface area contributed by atoms with Gasteiger partial charge in [0.25, 0.3) is 0 Å². The molecule has 2 aliphatic heterocycles. The van der Waals surface area contributed by atoms with E-state index in [4.69, 9.17) is 10.5 Å². The molecule has 2 N–H and O–H groups in total. The molecule has 5 nitrogen and oxygen atoms in total. The van der Waals surface area contributed by atoms with E-state index in [0.29, 0.717) is 0 Å². The Morgan fingerprint density at radius 1 is 1.47 bits per heavy atom. The summed E-state index contributed by atoms with van der Waals surface area (Å²) in [6, 6.07) is 5.92. The van der Waals surface area contributed by atoms with Crippen molar-refractivity contribution in [1.29, 1.82) is 0 Å². The smallest absolute Gasteiger partial charge is 0.154 e. The van der Waals surface area contributed by atoms with Crippen LogP contribution >= 0.6 is 0 Å². The lowest BCUT2D eigenvalue weighted by atomic mass is 10.2. The quantitative estimate of drug-likeness (QED) is 0.608. The van der Waals surface area contributed by atoms with Gasteiger partial charge in [0.1, 0.15) is 0 Å². The minimum Gasteiger partial charge on any atom is -0.398 e.